The third-order valence-electron chi connectivity index (χ3n) is 2.92. The maximum Gasteiger partial charge on any atom is 0.0961 e. The fourth-order valence-corrected chi connectivity index (χ4v) is 1.95. The summed E-state index contributed by atoms with van der Waals surface area (Å²) in [6, 6.07) is 0. The van der Waals surface area contributed by atoms with Gasteiger partial charge < -0.3 is 0 Å². The standard InChI is InChI=1S/C13H28O3/c1-3-5-6-7-8-9-10-12-13(11-4-2)15-16-14/h13-14H,3-12H2,1-2H3. The molecule has 0 aliphatic heterocycles. The third kappa shape index (κ3) is 10.4. The Hall–Kier alpha value is -0.120. The van der Waals surface area contributed by atoms with Gasteiger partial charge in [0.1, 0.15) is 0 Å². The van der Waals surface area contributed by atoms with Crippen molar-refractivity contribution in [1.29, 1.82) is 0 Å². The highest BCUT2D eigenvalue weighted by atomic mass is 17.5. The average Bonchev–Trinajstić information content (AvgIpc) is 2.28. The van der Waals surface area contributed by atoms with Crippen LogP contribution in [0, 0.1) is 0 Å². The van der Waals surface area contributed by atoms with Crippen LogP contribution < -0.4 is 0 Å². The first-order chi connectivity index (χ1) is 7.85. The molecule has 0 heterocycles. The van der Waals surface area contributed by atoms with Gasteiger partial charge >= 0.3 is 0 Å². The molecule has 0 radical (unpaired) electrons. The molecule has 0 aromatic heterocycles. The largest absolute Gasteiger partial charge is 0.221 e. The molecule has 0 aliphatic carbocycles. The molecule has 0 fully saturated rings. The second-order valence-corrected chi connectivity index (χ2v) is 4.49. The second-order valence-electron chi connectivity index (χ2n) is 4.49. The van der Waals surface area contributed by atoms with Crippen molar-refractivity contribution >= 4 is 0 Å². The molecule has 1 unspecified atom stereocenters. The summed E-state index contributed by atoms with van der Waals surface area (Å²) in [5.74, 6) is 0. The summed E-state index contributed by atoms with van der Waals surface area (Å²) >= 11 is 0. The molecule has 0 aliphatic rings. The van der Waals surface area contributed by atoms with Crippen molar-refractivity contribution in [3.05, 3.63) is 0 Å². The van der Waals surface area contributed by atoms with Gasteiger partial charge in [-0.25, -0.2) is 10.1 Å². The number of rotatable bonds is 12. The molecule has 0 amide bonds. The zero-order valence-electron chi connectivity index (χ0n) is 10.9. The molecule has 3 nitrogen and oxygen atoms in total. The molecule has 0 saturated carbocycles. The molecule has 98 valence electrons. The SMILES string of the molecule is CCCCCCCCCC(CCC)OOO. The summed E-state index contributed by atoms with van der Waals surface area (Å²) < 4.78 is 0. The van der Waals surface area contributed by atoms with Gasteiger partial charge in [-0.3, -0.25) is 0 Å². The first-order valence-electron chi connectivity index (χ1n) is 6.82. The van der Waals surface area contributed by atoms with Crippen molar-refractivity contribution in [1.82, 2.24) is 0 Å². The number of hydrogen-bond acceptors (Lipinski definition) is 3. The van der Waals surface area contributed by atoms with Crippen molar-refractivity contribution in [2.75, 3.05) is 0 Å². The molecule has 0 aromatic carbocycles. The third-order valence-corrected chi connectivity index (χ3v) is 2.92. The van der Waals surface area contributed by atoms with Crippen LogP contribution in [0.3, 0.4) is 0 Å². The molecular weight excluding hydrogens is 204 g/mol. The lowest BCUT2D eigenvalue weighted by Gasteiger charge is -2.12. The Bertz CT molecular complexity index is 122. The monoisotopic (exact) mass is 232 g/mol. The predicted octanol–water partition coefficient (Wildman–Crippen LogP) is 4.72. The summed E-state index contributed by atoms with van der Waals surface area (Å²) in [4.78, 5) is 4.78. The van der Waals surface area contributed by atoms with Gasteiger partial charge in [0, 0.05) is 0 Å². The normalized spacial score (nSPS) is 12.9. The van der Waals surface area contributed by atoms with E-state index in [0.29, 0.717) is 0 Å². The molecule has 1 atom stereocenters. The van der Waals surface area contributed by atoms with E-state index < -0.39 is 0 Å². The quantitative estimate of drug-likeness (QED) is 0.301. The average molecular weight is 232 g/mol. The van der Waals surface area contributed by atoms with E-state index in [0.717, 1.165) is 19.3 Å². The first-order valence-corrected chi connectivity index (χ1v) is 6.82. The zero-order chi connectivity index (χ0) is 12.1. The summed E-state index contributed by atoms with van der Waals surface area (Å²) in [6.07, 6.45) is 12.2. The molecule has 0 saturated heterocycles. The van der Waals surface area contributed by atoms with Crippen LogP contribution in [0.15, 0.2) is 0 Å². The summed E-state index contributed by atoms with van der Waals surface area (Å²) in [7, 11) is 0. The number of hydrogen-bond donors (Lipinski definition) is 1. The van der Waals surface area contributed by atoms with Gasteiger partial charge in [0.05, 0.1) is 6.10 Å². The van der Waals surface area contributed by atoms with E-state index in [9.17, 15) is 0 Å². The topological polar surface area (TPSA) is 38.7 Å². The summed E-state index contributed by atoms with van der Waals surface area (Å²) in [5.41, 5.74) is 0. The fraction of sp³-hybridized carbons (Fsp3) is 1.00. The lowest BCUT2D eigenvalue weighted by atomic mass is 10.0. The molecule has 0 bridgehead atoms. The molecule has 3 heteroatoms. The van der Waals surface area contributed by atoms with Gasteiger partial charge in [-0.2, -0.15) is 0 Å². The van der Waals surface area contributed by atoms with Gasteiger partial charge in [0.25, 0.3) is 0 Å². The van der Waals surface area contributed by atoms with E-state index in [2.05, 4.69) is 18.9 Å². The van der Waals surface area contributed by atoms with Crippen LogP contribution in [0.4, 0.5) is 0 Å². The Morgan fingerprint density at radius 3 is 2.00 bits per heavy atom. The minimum atomic E-state index is 0.0608. The zero-order valence-corrected chi connectivity index (χ0v) is 10.9. The minimum Gasteiger partial charge on any atom is -0.221 e. The van der Waals surface area contributed by atoms with E-state index >= 15 is 0 Å². The van der Waals surface area contributed by atoms with Crippen molar-refractivity contribution in [2.24, 2.45) is 0 Å². The molecule has 0 rings (SSSR count). The van der Waals surface area contributed by atoms with Crippen molar-refractivity contribution in [3.8, 4) is 0 Å². The van der Waals surface area contributed by atoms with Crippen LogP contribution in [0.1, 0.15) is 78.1 Å². The van der Waals surface area contributed by atoms with Crippen LogP contribution in [0.2, 0.25) is 0 Å². The first kappa shape index (κ1) is 15.9. The van der Waals surface area contributed by atoms with Gasteiger partial charge in [-0.1, -0.05) is 70.3 Å². The van der Waals surface area contributed by atoms with Crippen LogP contribution in [-0.2, 0) is 9.93 Å². The fourth-order valence-electron chi connectivity index (χ4n) is 1.95. The van der Waals surface area contributed by atoms with E-state index in [1.807, 2.05) is 0 Å². The molecule has 1 N–H and O–H groups in total. The highest BCUT2D eigenvalue weighted by molar-refractivity contribution is 4.56. The van der Waals surface area contributed by atoms with Crippen LogP contribution in [-0.4, -0.2) is 11.4 Å². The van der Waals surface area contributed by atoms with Crippen molar-refractivity contribution in [3.63, 3.8) is 0 Å². The Kier molecular flexibility index (Phi) is 12.9. The van der Waals surface area contributed by atoms with Gasteiger partial charge in [0.2, 0.25) is 0 Å². The Morgan fingerprint density at radius 2 is 1.44 bits per heavy atom. The van der Waals surface area contributed by atoms with Gasteiger partial charge in [-0.15, -0.1) is 0 Å². The highest BCUT2D eigenvalue weighted by Gasteiger charge is 2.08. The summed E-state index contributed by atoms with van der Waals surface area (Å²) in [5, 5.41) is 12.0. The molecule has 16 heavy (non-hydrogen) atoms. The molecule has 0 aromatic rings. The van der Waals surface area contributed by atoms with Crippen LogP contribution >= 0.6 is 0 Å². The van der Waals surface area contributed by atoms with Crippen molar-refractivity contribution in [2.45, 2.75) is 84.2 Å². The van der Waals surface area contributed by atoms with Gasteiger partial charge in [0.15, 0.2) is 0 Å². The highest BCUT2D eigenvalue weighted by Crippen LogP contribution is 2.14. The predicted molar refractivity (Wildman–Crippen MR) is 66.1 cm³/mol. The summed E-state index contributed by atoms with van der Waals surface area (Å²) in [6.45, 7) is 4.35. The van der Waals surface area contributed by atoms with Crippen molar-refractivity contribution < 1.29 is 15.2 Å². The van der Waals surface area contributed by atoms with Gasteiger partial charge in [-0.05, 0) is 12.8 Å². The van der Waals surface area contributed by atoms with Crippen LogP contribution in [0.5, 0.6) is 0 Å². The molecule has 0 spiro atoms. The maximum atomic E-state index is 8.24. The van der Waals surface area contributed by atoms with E-state index in [4.69, 9.17) is 10.1 Å². The van der Waals surface area contributed by atoms with E-state index in [1.54, 1.807) is 0 Å². The Labute approximate surface area is 100.0 Å². The van der Waals surface area contributed by atoms with E-state index in [-0.39, 0.29) is 6.10 Å². The maximum absolute atomic E-state index is 8.24. The Balaban J connectivity index is 3.25. The second kappa shape index (κ2) is 12.9. The molecular formula is C13H28O3. The van der Waals surface area contributed by atoms with Crippen LogP contribution in [0.25, 0.3) is 0 Å². The lowest BCUT2D eigenvalue weighted by molar-refractivity contribution is -0.507. The smallest absolute Gasteiger partial charge is 0.0961 e. The lowest BCUT2D eigenvalue weighted by Crippen LogP contribution is -2.12. The van der Waals surface area contributed by atoms with E-state index in [1.165, 1.54) is 44.9 Å². The number of unbranched alkanes of at least 4 members (excludes halogenated alkanes) is 6. The minimum absolute atomic E-state index is 0.0608. The Morgan fingerprint density at radius 1 is 0.812 bits per heavy atom.